The molecule has 0 spiro atoms. The van der Waals surface area contributed by atoms with Crippen LogP contribution in [0.2, 0.25) is 0 Å². The zero-order valence-electron chi connectivity index (χ0n) is 12.0. The molecular weight excluding hydrogens is 286 g/mol. The van der Waals surface area contributed by atoms with E-state index in [0.717, 1.165) is 44.5 Å². The van der Waals surface area contributed by atoms with Gasteiger partial charge in [-0.15, -0.1) is 0 Å². The van der Waals surface area contributed by atoms with E-state index in [1.54, 1.807) is 0 Å². The van der Waals surface area contributed by atoms with Crippen LogP contribution in [0.4, 0.5) is 0 Å². The summed E-state index contributed by atoms with van der Waals surface area (Å²) in [5, 5.41) is 10.0. The Kier molecular flexibility index (Phi) is 4.55. The van der Waals surface area contributed by atoms with Crippen LogP contribution < -0.4 is 10.6 Å². The number of amides is 2. The van der Waals surface area contributed by atoms with Gasteiger partial charge in [-0.25, -0.2) is 0 Å². The Morgan fingerprint density at radius 2 is 2.19 bits per heavy atom. The van der Waals surface area contributed by atoms with Gasteiger partial charge in [-0.05, 0) is 36.6 Å². The first-order chi connectivity index (χ1) is 10.2. The first kappa shape index (κ1) is 14.5. The molecular formula is C15H21N3O2S. The van der Waals surface area contributed by atoms with Crippen molar-refractivity contribution in [3.63, 3.8) is 0 Å². The molecule has 2 fully saturated rings. The molecule has 0 radical (unpaired) electrons. The van der Waals surface area contributed by atoms with E-state index < -0.39 is 0 Å². The van der Waals surface area contributed by atoms with Gasteiger partial charge in [0.2, 0.25) is 5.91 Å². The Hall–Kier alpha value is -1.40. The number of nitrogens with one attached hydrogen (secondary N) is 2. The molecule has 1 aromatic heterocycles. The lowest BCUT2D eigenvalue weighted by molar-refractivity contribution is -0.132. The highest BCUT2D eigenvalue weighted by molar-refractivity contribution is 7.08. The van der Waals surface area contributed by atoms with Gasteiger partial charge in [0.05, 0.1) is 6.04 Å². The molecule has 6 heteroatoms. The summed E-state index contributed by atoms with van der Waals surface area (Å²) in [4.78, 5) is 26.1. The number of rotatable bonds is 4. The van der Waals surface area contributed by atoms with Crippen LogP contribution in [0.5, 0.6) is 0 Å². The third kappa shape index (κ3) is 3.44. The summed E-state index contributed by atoms with van der Waals surface area (Å²) < 4.78 is 0. The van der Waals surface area contributed by atoms with Crippen molar-refractivity contribution in [1.82, 2.24) is 15.5 Å². The van der Waals surface area contributed by atoms with E-state index in [-0.39, 0.29) is 17.9 Å². The summed E-state index contributed by atoms with van der Waals surface area (Å²) in [6.07, 6.45) is 3.07. The minimum absolute atomic E-state index is 0.0226. The van der Waals surface area contributed by atoms with Crippen molar-refractivity contribution in [2.45, 2.75) is 25.3 Å². The summed E-state index contributed by atoms with van der Waals surface area (Å²) in [5.41, 5.74) is 0.718. The molecule has 0 aliphatic carbocycles. The molecule has 0 bridgehead atoms. The van der Waals surface area contributed by atoms with E-state index in [9.17, 15) is 9.59 Å². The molecule has 2 amide bonds. The molecule has 3 heterocycles. The number of thiophene rings is 1. The van der Waals surface area contributed by atoms with Crippen LogP contribution in [0, 0.1) is 5.92 Å². The van der Waals surface area contributed by atoms with E-state index in [2.05, 4.69) is 10.6 Å². The van der Waals surface area contributed by atoms with Crippen LogP contribution in [-0.4, -0.2) is 48.9 Å². The van der Waals surface area contributed by atoms with Gasteiger partial charge in [0.25, 0.3) is 5.91 Å². The van der Waals surface area contributed by atoms with E-state index in [1.165, 1.54) is 11.3 Å². The third-order valence-electron chi connectivity index (χ3n) is 4.27. The highest BCUT2D eigenvalue weighted by atomic mass is 32.1. The number of nitrogens with zero attached hydrogens (tertiary/aromatic N) is 1. The molecule has 2 aliphatic rings. The van der Waals surface area contributed by atoms with Crippen molar-refractivity contribution >= 4 is 23.2 Å². The van der Waals surface area contributed by atoms with Crippen LogP contribution >= 0.6 is 11.3 Å². The Morgan fingerprint density at radius 1 is 1.38 bits per heavy atom. The summed E-state index contributed by atoms with van der Waals surface area (Å²) in [7, 11) is 0. The molecule has 0 saturated carbocycles. The summed E-state index contributed by atoms with van der Waals surface area (Å²) in [5.74, 6) is 0.550. The minimum Gasteiger partial charge on any atom is -0.352 e. The molecule has 114 valence electrons. The average molecular weight is 307 g/mol. The Morgan fingerprint density at radius 3 is 2.90 bits per heavy atom. The molecule has 3 rings (SSSR count). The zero-order valence-corrected chi connectivity index (χ0v) is 12.8. The molecule has 2 saturated heterocycles. The number of likely N-dealkylation sites (tertiary alicyclic amines) is 1. The molecule has 2 aliphatic heterocycles. The van der Waals surface area contributed by atoms with Gasteiger partial charge in [0, 0.05) is 37.1 Å². The van der Waals surface area contributed by atoms with Crippen molar-refractivity contribution in [1.29, 1.82) is 0 Å². The van der Waals surface area contributed by atoms with E-state index in [1.807, 2.05) is 21.7 Å². The quantitative estimate of drug-likeness (QED) is 0.875. The fraction of sp³-hybridized carbons (Fsp3) is 0.600. The monoisotopic (exact) mass is 307 g/mol. The molecule has 21 heavy (non-hydrogen) atoms. The van der Waals surface area contributed by atoms with Gasteiger partial charge in [-0.3, -0.25) is 9.59 Å². The Labute approximate surface area is 128 Å². The highest BCUT2D eigenvalue weighted by Crippen LogP contribution is 2.18. The second-order valence-corrected chi connectivity index (χ2v) is 6.60. The first-order valence-corrected chi connectivity index (χ1v) is 8.51. The number of hydrogen-bond acceptors (Lipinski definition) is 4. The molecule has 2 atom stereocenters. The SMILES string of the molecule is O=C(NC[C@@H]1CN[C@H](C(=O)N2CCCC2)C1)c1ccsc1. The maximum Gasteiger partial charge on any atom is 0.252 e. The molecule has 0 aromatic carbocycles. The van der Waals surface area contributed by atoms with Gasteiger partial charge < -0.3 is 15.5 Å². The lowest BCUT2D eigenvalue weighted by atomic mass is 10.0. The minimum atomic E-state index is -0.0638. The maximum atomic E-state index is 12.3. The normalized spacial score (nSPS) is 25.2. The smallest absolute Gasteiger partial charge is 0.252 e. The topological polar surface area (TPSA) is 61.4 Å². The van der Waals surface area contributed by atoms with Gasteiger partial charge in [0.1, 0.15) is 0 Å². The number of carbonyl (C=O) groups excluding carboxylic acids is 2. The molecule has 0 unspecified atom stereocenters. The van der Waals surface area contributed by atoms with Gasteiger partial charge >= 0.3 is 0 Å². The van der Waals surface area contributed by atoms with Crippen molar-refractivity contribution in [2.24, 2.45) is 5.92 Å². The van der Waals surface area contributed by atoms with Crippen molar-refractivity contribution in [2.75, 3.05) is 26.2 Å². The van der Waals surface area contributed by atoms with Crippen LogP contribution in [0.3, 0.4) is 0 Å². The predicted molar refractivity (Wildman–Crippen MR) is 82.4 cm³/mol. The Bertz CT molecular complexity index is 497. The van der Waals surface area contributed by atoms with Crippen LogP contribution in [0.15, 0.2) is 16.8 Å². The largest absolute Gasteiger partial charge is 0.352 e. The van der Waals surface area contributed by atoms with Crippen LogP contribution in [-0.2, 0) is 4.79 Å². The van der Waals surface area contributed by atoms with Gasteiger partial charge in [0.15, 0.2) is 0 Å². The van der Waals surface area contributed by atoms with Gasteiger partial charge in [-0.2, -0.15) is 11.3 Å². The van der Waals surface area contributed by atoms with Crippen LogP contribution in [0.1, 0.15) is 29.6 Å². The zero-order chi connectivity index (χ0) is 14.7. The maximum absolute atomic E-state index is 12.3. The fourth-order valence-electron chi connectivity index (χ4n) is 3.04. The van der Waals surface area contributed by atoms with E-state index in [0.29, 0.717) is 12.5 Å². The van der Waals surface area contributed by atoms with E-state index in [4.69, 9.17) is 0 Å². The van der Waals surface area contributed by atoms with Crippen molar-refractivity contribution in [3.05, 3.63) is 22.4 Å². The number of carbonyl (C=O) groups is 2. The predicted octanol–water partition coefficient (Wildman–Crippen LogP) is 1.08. The molecule has 2 N–H and O–H groups in total. The second kappa shape index (κ2) is 6.58. The molecule has 5 nitrogen and oxygen atoms in total. The summed E-state index contributed by atoms with van der Waals surface area (Å²) >= 11 is 1.52. The summed E-state index contributed by atoms with van der Waals surface area (Å²) in [6.45, 7) is 3.23. The molecule has 1 aromatic rings. The third-order valence-corrected chi connectivity index (χ3v) is 4.96. The van der Waals surface area contributed by atoms with E-state index >= 15 is 0 Å². The lowest BCUT2D eigenvalue weighted by Gasteiger charge is -2.20. The lowest BCUT2D eigenvalue weighted by Crippen LogP contribution is -2.42. The standard InChI is InChI=1S/C15H21N3O2S/c19-14(12-3-6-21-10-12)17-9-11-7-13(16-8-11)15(20)18-4-1-2-5-18/h3,6,10-11,13,16H,1-2,4-5,7-9H2,(H,17,19)/t11-,13-/m0/s1. The average Bonchev–Trinajstić information content (AvgIpc) is 3.26. The summed E-state index contributed by atoms with van der Waals surface area (Å²) in [6, 6.07) is 1.76. The van der Waals surface area contributed by atoms with Gasteiger partial charge in [-0.1, -0.05) is 0 Å². The van der Waals surface area contributed by atoms with Crippen LogP contribution in [0.25, 0.3) is 0 Å². The second-order valence-electron chi connectivity index (χ2n) is 5.82. The first-order valence-electron chi connectivity index (χ1n) is 7.56. The number of hydrogen-bond donors (Lipinski definition) is 2. The van der Waals surface area contributed by atoms with Crippen molar-refractivity contribution < 1.29 is 9.59 Å². The van der Waals surface area contributed by atoms with Crippen molar-refractivity contribution in [3.8, 4) is 0 Å². The highest BCUT2D eigenvalue weighted by Gasteiger charge is 2.33. The Balaban J connectivity index is 1.44. The fourth-order valence-corrected chi connectivity index (χ4v) is 3.68.